The minimum atomic E-state index is -4.89. The fourth-order valence-corrected chi connectivity index (χ4v) is 5.86. The van der Waals surface area contributed by atoms with Crippen molar-refractivity contribution in [2.75, 3.05) is 18.1 Å². The first kappa shape index (κ1) is 22.0. The molecule has 1 aliphatic carbocycles. The second-order valence-electron chi connectivity index (χ2n) is 6.91. The maximum Gasteiger partial charge on any atom is 0.469 e. The van der Waals surface area contributed by atoms with Gasteiger partial charge in [-0.25, -0.2) is 13.0 Å². The molecule has 1 unspecified atom stereocenters. The number of rotatable bonds is 10. The van der Waals surface area contributed by atoms with Crippen molar-refractivity contribution in [2.24, 2.45) is 5.92 Å². The number of hydrogen-bond donors (Lipinski definition) is 3. The van der Waals surface area contributed by atoms with Crippen molar-refractivity contribution in [3.05, 3.63) is 35.9 Å². The molecule has 3 N–H and O–H groups in total. The molecule has 2 rings (SSSR count). The van der Waals surface area contributed by atoms with Crippen molar-refractivity contribution in [3.8, 4) is 0 Å². The third-order valence-corrected chi connectivity index (χ3v) is 6.86. The molecule has 1 atom stereocenters. The zero-order chi connectivity index (χ0) is 19.9. The quantitative estimate of drug-likeness (QED) is 0.489. The predicted octanol–water partition coefficient (Wildman–Crippen LogP) is 1.43. The summed E-state index contributed by atoms with van der Waals surface area (Å²) in [7, 11) is -8.45. The van der Waals surface area contributed by atoms with Crippen LogP contribution < -0.4 is 5.32 Å². The van der Waals surface area contributed by atoms with E-state index in [1.165, 1.54) is 0 Å². The number of sulfone groups is 1. The standard InChI is InChI=1S/C17H26NO7PS/c19-17(10-14-6-2-1-3-7-14)18-11-16(25-26(20,21)22)13-27(23,24)12-15-8-4-5-9-15/h1-3,6-7,15-16H,4-5,8-13H2,(H,18,19)(H2,20,21,22). The smallest absolute Gasteiger partial charge is 0.353 e. The van der Waals surface area contributed by atoms with Crippen LogP contribution in [0.2, 0.25) is 0 Å². The van der Waals surface area contributed by atoms with Crippen LogP contribution in [0.25, 0.3) is 0 Å². The minimum absolute atomic E-state index is 0.0218. The highest BCUT2D eigenvalue weighted by atomic mass is 32.2. The van der Waals surface area contributed by atoms with Gasteiger partial charge in [0.05, 0.1) is 17.9 Å². The Morgan fingerprint density at radius 1 is 1.22 bits per heavy atom. The lowest BCUT2D eigenvalue weighted by atomic mass is 10.1. The fourth-order valence-electron chi connectivity index (χ4n) is 3.28. The predicted molar refractivity (Wildman–Crippen MR) is 101 cm³/mol. The van der Waals surface area contributed by atoms with Gasteiger partial charge in [-0.2, -0.15) is 0 Å². The first-order valence-electron chi connectivity index (χ1n) is 8.88. The molecule has 1 aromatic rings. The monoisotopic (exact) mass is 419 g/mol. The number of carbonyl (C=O) groups excluding carboxylic acids is 1. The van der Waals surface area contributed by atoms with Crippen molar-refractivity contribution in [1.29, 1.82) is 0 Å². The van der Waals surface area contributed by atoms with E-state index < -0.39 is 29.5 Å². The average Bonchev–Trinajstić information content (AvgIpc) is 3.04. The molecule has 1 aliphatic rings. The molecule has 0 heterocycles. The van der Waals surface area contributed by atoms with Gasteiger partial charge in [0.1, 0.15) is 6.10 Å². The van der Waals surface area contributed by atoms with E-state index in [0.717, 1.165) is 31.2 Å². The Kier molecular flexibility index (Phi) is 8.00. The number of hydrogen-bond acceptors (Lipinski definition) is 5. The lowest BCUT2D eigenvalue weighted by Gasteiger charge is -2.20. The van der Waals surface area contributed by atoms with Crippen LogP contribution in [0, 0.1) is 5.92 Å². The molecule has 1 fully saturated rings. The summed E-state index contributed by atoms with van der Waals surface area (Å²) < 4.78 is 40.5. The summed E-state index contributed by atoms with van der Waals surface area (Å²) in [6.45, 7) is -0.291. The Balaban J connectivity index is 1.92. The molecule has 10 heteroatoms. The maximum absolute atomic E-state index is 12.4. The molecule has 0 bridgehead atoms. The number of amides is 1. The van der Waals surface area contributed by atoms with Gasteiger partial charge in [-0.3, -0.25) is 9.32 Å². The van der Waals surface area contributed by atoms with Gasteiger partial charge in [0.25, 0.3) is 0 Å². The summed E-state index contributed by atoms with van der Waals surface area (Å²) in [5.41, 5.74) is 0.774. The van der Waals surface area contributed by atoms with E-state index in [4.69, 9.17) is 9.79 Å². The Morgan fingerprint density at radius 2 is 1.85 bits per heavy atom. The Labute approximate surface area is 159 Å². The zero-order valence-corrected chi connectivity index (χ0v) is 16.7. The van der Waals surface area contributed by atoms with Gasteiger partial charge in [-0.05, 0) is 24.3 Å². The van der Waals surface area contributed by atoms with Crippen molar-refractivity contribution in [3.63, 3.8) is 0 Å². The SMILES string of the molecule is O=C(Cc1ccccc1)NCC(CS(=O)(=O)CC1CCCC1)OP(=O)(O)O. The third kappa shape index (κ3) is 8.99. The van der Waals surface area contributed by atoms with E-state index in [1.54, 1.807) is 24.3 Å². The van der Waals surface area contributed by atoms with Crippen LogP contribution in [0.15, 0.2) is 30.3 Å². The molecular formula is C17H26NO7PS. The first-order valence-corrected chi connectivity index (χ1v) is 12.2. The highest BCUT2D eigenvalue weighted by Gasteiger charge is 2.30. The minimum Gasteiger partial charge on any atom is -0.353 e. The molecule has 1 saturated carbocycles. The van der Waals surface area contributed by atoms with Crippen LogP contribution in [0.3, 0.4) is 0 Å². The van der Waals surface area contributed by atoms with Gasteiger partial charge in [-0.15, -0.1) is 0 Å². The van der Waals surface area contributed by atoms with Gasteiger partial charge in [0.2, 0.25) is 5.91 Å². The van der Waals surface area contributed by atoms with Crippen molar-refractivity contribution >= 4 is 23.6 Å². The molecule has 0 radical (unpaired) electrons. The number of benzene rings is 1. The molecule has 0 saturated heterocycles. The number of carbonyl (C=O) groups is 1. The van der Waals surface area contributed by atoms with Gasteiger partial charge < -0.3 is 15.1 Å². The number of nitrogens with one attached hydrogen (secondary N) is 1. The lowest BCUT2D eigenvalue weighted by molar-refractivity contribution is -0.120. The van der Waals surface area contributed by atoms with Crippen LogP contribution in [-0.2, 0) is 30.1 Å². The van der Waals surface area contributed by atoms with E-state index in [1.807, 2.05) is 6.07 Å². The van der Waals surface area contributed by atoms with Crippen LogP contribution in [-0.4, -0.2) is 48.3 Å². The number of phosphoric ester groups is 1. The summed E-state index contributed by atoms with van der Waals surface area (Å²) in [6, 6.07) is 8.95. The lowest BCUT2D eigenvalue weighted by Crippen LogP contribution is -2.38. The van der Waals surface area contributed by atoms with Gasteiger partial charge in [0, 0.05) is 6.54 Å². The highest BCUT2D eigenvalue weighted by molar-refractivity contribution is 7.91. The molecule has 1 amide bonds. The van der Waals surface area contributed by atoms with Crippen molar-refractivity contribution < 1.29 is 32.1 Å². The molecule has 27 heavy (non-hydrogen) atoms. The van der Waals surface area contributed by atoms with E-state index in [9.17, 15) is 17.8 Å². The van der Waals surface area contributed by atoms with E-state index in [0.29, 0.717) is 0 Å². The van der Waals surface area contributed by atoms with Crippen LogP contribution >= 0.6 is 7.82 Å². The first-order chi connectivity index (χ1) is 12.6. The molecule has 152 valence electrons. The molecule has 0 aromatic heterocycles. The molecular weight excluding hydrogens is 393 g/mol. The molecule has 1 aromatic carbocycles. The third-order valence-electron chi connectivity index (χ3n) is 4.43. The molecule has 0 spiro atoms. The van der Waals surface area contributed by atoms with E-state index in [-0.39, 0.29) is 30.5 Å². The summed E-state index contributed by atoms with van der Waals surface area (Å²) in [4.78, 5) is 30.1. The van der Waals surface area contributed by atoms with Crippen LogP contribution in [0.1, 0.15) is 31.2 Å². The van der Waals surface area contributed by atoms with E-state index in [2.05, 4.69) is 9.84 Å². The average molecular weight is 419 g/mol. The molecule has 0 aliphatic heterocycles. The number of phosphoric acid groups is 1. The normalized spacial score (nSPS) is 17.0. The molecule has 8 nitrogen and oxygen atoms in total. The van der Waals surface area contributed by atoms with Gasteiger partial charge in [-0.1, -0.05) is 43.2 Å². The second kappa shape index (κ2) is 9.80. The van der Waals surface area contributed by atoms with Gasteiger partial charge >= 0.3 is 7.82 Å². The van der Waals surface area contributed by atoms with Crippen LogP contribution in [0.4, 0.5) is 0 Å². The summed E-state index contributed by atoms with van der Waals surface area (Å²) in [5, 5.41) is 2.50. The summed E-state index contributed by atoms with van der Waals surface area (Å²) in [6.07, 6.45) is 2.46. The van der Waals surface area contributed by atoms with Crippen LogP contribution in [0.5, 0.6) is 0 Å². The summed E-state index contributed by atoms with van der Waals surface area (Å²) in [5.74, 6) is -0.862. The fraction of sp³-hybridized carbons (Fsp3) is 0.588. The Hall–Kier alpha value is -1.25. The van der Waals surface area contributed by atoms with Crippen molar-refractivity contribution in [2.45, 2.75) is 38.2 Å². The van der Waals surface area contributed by atoms with Gasteiger partial charge in [0.15, 0.2) is 9.84 Å². The highest BCUT2D eigenvalue weighted by Crippen LogP contribution is 2.38. The Morgan fingerprint density at radius 3 is 2.44 bits per heavy atom. The zero-order valence-electron chi connectivity index (χ0n) is 15.0. The maximum atomic E-state index is 12.4. The largest absolute Gasteiger partial charge is 0.469 e. The van der Waals surface area contributed by atoms with Crippen molar-refractivity contribution in [1.82, 2.24) is 5.32 Å². The Bertz CT molecular complexity index is 757. The second-order valence-corrected chi connectivity index (χ2v) is 10.3. The summed E-state index contributed by atoms with van der Waals surface area (Å²) >= 11 is 0. The van der Waals surface area contributed by atoms with E-state index >= 15 is 0 Å². The topological polar surface area (TPSA) is 130 Å².